The van der Waals surface area contributed by atoms with Crippen LogP contribution in [0, 0.1) is 0 Å². The third-order valence-corrected chi connectivity index (χ3v) is 4.99. The van der Waals surface area contributed by atoms with Crippen LogP contribution in [0.15, 0.2) is 61.2 Å². The molecule has 4 heteroatoms. The molecule has 0 heterocycles. The van der Waals surface area contributed by atoms with Gasteiger partial charge in [0, 0.05) is 12.2 Å². The van der Waals surface area contributed by atoms with E-state index in [9.17, 15) is 9.90 Å². The van der Waals surface area contributed by atoms with Gasteiger partial charge >= 0.3 is 5.97 Å². The number of benzene rings is 2. The fraction of sp³-hybridized carbons (Fsp3) is 0.423. The largest absolute Gasteiger partial charge is 0.493 e. The van der Waals surface area contributed by atoms with Gasteiger partial charge in [-0.2, -0.15) is 0 Å². The van der Waals surface area contributed by atoms with Crippen LogP contribution in [-0.2, 0) is 4.74 Å². The summed E-state index contributed by atoms with van der Waals surface area (Å²) in [6.45, 7) is 5.72. The molecular formula is C26H34O4. The van der Waals surface area contributed by atoms with E-state index in [4.69, 9.17) is 9.47 Å². The quantitative estimate of drug-likeness (QED) is 0.245. The van der Waals surface area contributed by atoms with Gasteiger partial charge in [-0.05, 0) is 36.6 Å². The average molecular weight is 411 g/mol. The molecule has 0 aliphatic carbocycles. The first-order chi connectivity index (χ1) is 14.7. The molecule has 0 unspecified atom stereocenters. The van der Waals surface area contributed by atoms with Crippen molar-refractivity contribution in [2.45, 2.75) is 51.4 Å². The van der Waals surface area contributed by atoms with Crippen molar-refractivity contribution < 1.29 is 19.4 Å². The van der Waals surface area contributed by atoms with Gasteiger partial charge in [0.15, 0.2) is 0 Å². The SMILES string of the molecule is C=CCOCCCCCCCCCCOc1cc(C(=O)O)ccc1-c1ccccc1. The van der Waals surface area contributed by atoms with Gasteiger partial charge in [0.05, 0.1) is 18.8 Å². The van der Waals surface area contributed by atoms with Crippen LogP contribution in [0.2, 0.25) is 0 Å². The topological polar surface area (TPSA) is 55.8 Å². The lowest BCUT2D eigenvalue weighted by Gasteiger charge is -2.13. The molecule has 0 aliphatic heterocycles. The number of aromatic carboxylic acids is 1. The lowest BCUT2D eigenvalue weighted by Crippen LogP contribution is -2.02. The van der Waals surface area contributed by atoms with E-state index < -0.39 is 5.97 Å². The van der Waals surface area contributed by atoms with E-state index >= 15 is 0 Å². The van der Waals surface area contributed by atoms with Gasteiger partial charge in [-0.15, -0.1) is 6.58 Å². The number of rotatable bonds is 16. The van der Waals surface area contributed by atoms with Crippen LogP contribution < -0.4 is 4.74 Å². The predicted octanol–water partition coefficient (Wildman–Crippen LogP) is 6.75. The molecule has 2 rings (SSSR count). The average Bonchev–Trinajstić information content (AvgIpc) is 2.77. The van der Waals surface area contributed by atoms with E-state index in [0.29, 0.717) is 19.0 Å². The lowest BCUT2D eigenvalue weighted by molar-refractivity contribution is 0.0696. The second kappa shape index (κ2) is 14.4. The van der Waals surface area contributed by atoms with Crippen molar-refractivity contribution in [3.63, 3.8) is 0 Å². The molecule has 0 amide bonds. The van der Waals surface area contributed by atoms with E-state index in [0.717, 1.165) is 37.0 Å². The van der Waals surface area contributed by atoms with Gasteiger partial charge in [0.1, 0.15) is 5.75 Å². The van der Waals surface area contributed by atoms with Crippen LogP contribution in [0.4, 0.5) is 0 Å². The van der Waals surface area contributed by atoms with Crippen LogP contribution in [-0.4, -0.2) is 30.9 Å². The predicted molar refractivity (Wildman–Crippen MR) is 122 cm³/mol. The van der Waals surface area contributed by atoms with Crippen LogP contribution in [0.25, 0.3) is 11.1 Å². The van der Waals surface area contributed by atoms with Gasteiger partial charge in [-0.3, -0.25) is 0 Å². The van der Waals surface area contributed by atoms with Crippen LogP contribution in [0.1, 0.15) is 61.7 Å². The standard InChI is InChI=1S/C26H34O4/c1-2-18-29-19-12-7-5-3-4-6-8-13-20-30-25-21-23(26(27)28)16-17-24(25)22-14-10-9-11-15-22/h2,9-11,14-17,21H,1,3-8,12-13,18-20H2,(H,27,28). The summed E-state index contributed by atoms with van der Waals surface area (Å²) >= 11 is 0. The van der Waals surface area contributed by atoms with Gasteiger partial charge < -0.3 is 14.6 Å². The Morgan fingerprint density at radius 3 is 2.13 bits per heavy atom. The third-order valence-electron chi connectivity index (χ3n) is 4.99. The van der Waals surface area contributed by atoms with Crippen molar-refractivity contribution in [3.8, 4) is 16.9 Å². The molecule has 162 valence electrons. The summed E-state index contributed by atoms with van der Waals surface area (Å²) in [5.41, 5.74) is 2.21. The van der Waals surface area contributed by atoms with Crippen molar-refractivity contribution >= 4 is 5.97 Å². The summed E-state index contributed by atoms with van der Waals surface area (Å²) in [6, 6.07) is 15.0. The first kappa shape index (κ1) is 23.7. The Balaban J connectivity index is 1.67. The number of ether oxygens (including phenoxy) is 2. The number of carboxylic acids is 1. The number of unbranched alkanes of at least 4 members (excludes halogenated alkanes) is 7. The summed E-state index contributed by atoms with van der Waals surface area (Å²) in [5, 5.41) is 9.29. The summed E-state index contributed by atoms with van der Waals surface area (Å²) in [5.74, 6) is -0.300. The molecule has 0 bridgehead atoms. The Hall–Kier alpha value is -2.59. The molecule has 0 saturated carbocycles. The highest BCUT2D eigenvalue weighted by Crippen LogP contribution is 2.31. The zero-order valence-electron chi connectivity index (χ0n) is 17.9. The summed E-state index contributed by atoms with van der Waals surface area (Å²) < 4.78 is 11.4. The zero-order chi connectivity index (χ0) is 21.4. The zero-order valence-corrected chi connectivity index (χ0v) is 17.9. The minimum absolute atomic E-state index is 0.250. The number of hydrogen-bond acceptors (Lipinski definition) is 3. The Labute approximate surface area is 180 Å². The first-order valence-corrected chi connectivity index (χ1v) is 11.0. The van der Waals surface area contributed by atoms with Crippen molar-refractivity contribution in [1.29, 1.82) is 0 Å². The fourth-order valence-electron chi connectivity index (χ4n) is 3.35. The monoisotopic (exact) mass is 410 g/mol. The van der Waals surface area contributed by atoms with Gasteiger partial charge in [0.2, 0.25) is 0 Å². The molecule has 2 aromatic carbocycles. The minimum atomic E-state index is -0.938. The minimum Gasteiger partial charge on any atom is -0.493 e. The van der Waals surface area contributed by atoms with Crippen molar-refractivity contribution in [3.05, 3.63) is 66.7 Å². The molecule has 0 spiro atoms. The normalized spacial score (nSPS) is 10.7. The molecular weight excluding hydrogens is 376 g/mol. The summed E-state index contributed by atoms with van der Waals surface area (Å²) in [6.07, 6.45) is 11.2. The van der Waals surface area contributed by atoms with Gasteiger partial charge in [-0.1, -0.05) is 74.9 Å². The van der Waals surface area contributed by atoms with Gasteiger partial charge in [-0.25, -0.2) is 4.79 Å². The first-order valence-electron chi connectivity index (χ1n) is 11.0. The number of carbonyl (C=O) groups is 1. The molecule has 0 radical (unpaired) electrons. The molecule has 0 aliphatic rings. The number of carboxylic acid groups (broad SMARTS) is 1. The molecule has 2 aromatic rings. The second-order valence-electron chi connectivity index (χ2n) is 7.42. The maximum absolute atomic E-state index is 11.3. The molecule has 1 N–H and O–H groups in total. The Morgan fingerprint density at radius 2 is 1.50 bits per heavy atom. The van der Waals surface area contributed by atoms with Crippen molar-refractivity contribution in [2.75, 3.05) is 19.8 Å². The Kier molecular flexibility index (Phi) is 11.4. The van der Waals surface area contributed by atoms with E-state index in [1.165, 1.54) is 32.1 Å². The van der Waals surface area contributed by atoms with Crippen LogP contribution in [0.5, 0.6) is 5.75 Å². The number of hydrogen-bond donors (Lipinski definition) is 1. The van der Waals surface area contributed by atoms with E-state index in [2.05, 4.69) is 6.58 Å². The highest BCUT2D eigenvalue weighted by molar-refractivity contribution is 5.89. The molecule has 0 atom stereocenters. The van der Waals surface area contributed by atoms with Gasteiger partial charge in [0.25, 0.3) is 0 Å². The van der Waals surface area contributed by atoms with E-state index in [-0.39, 0.29) is 5.56 Å². The van der Waals surface area contributed by atoms with Crippen molar-refractivity contribution in [1.82, 2.24) is 0 Å². The second-order valence-corrected chi connectivity index (χ2v) is 7.42. The molecule has 30 heavy (non-hydrogen) atoms. The molecule has 0 saturated heterocycles. The third kappa shape index (κ3) is 8.83. The highest BCUT2D eigenvalue weighted by atomic mass is 16.5. The van der Waals surface area contributed by atoms with E-state index in [1.54, 1.807) is 18.2 Å². The smallest absolute Gasteiger partial charge is 0.335 e. The fourth-order valence-corrected chi connectivity index (χ4v) is 3.35. The van der Waals surface area contributed by atoms with Crippen LogP contribution >= 0.6 is 0 Å². The maximum Gasteiger partial charge on any atom is 0.335 e. The van der Waals surface area contributed by atoms with Crippen molar-refractivity contribution in [2.24, 2.45) is 0 Å². The maximum atomic E-state index is 11.3. The van der Waals surface area contributed by atoms with E-state index in [1.807, 2.05) is 36.4 Å². The Morgan fingerprint density at radius 1 is 0.867 bits per heavy atom. The Bertz CT molecular complexity index is 755. The highest BCUT2D eigenvalue weighted by Gasteiger charge is 2.11. The molecule has 0 fully saturated rings. The van der Waals surface area contributed by atoms with Crippen LogP contribution in [0.3, 0.4) is 0 Å². The molecule has 4 nitrogen and oxygen atoms in total. The molecule has 0 aromatic heterocycles. The lowest BCUT2D eigenvalue weighted by atomic mass is 10.0. The summed E-state index contributed by atoms with van der Waals surface area (Å²) in [4.78, 5) is 11.3. The summed E-state index contributed by atoms with van der Waals surface area (Å²) in [7, 11) is 0.